The Bertz CT molecular complexity index is 1210. The molecule has 0 amide bonds. The molecule has 4 rings (SSSR count). The van der Waals surface area contributed by atoms with Gasteiger partial charge in [-0.1, -0.05) is 52.7 Å². The van der Waals surface area contributed by atoms with Crippen molar-refractivity contribution in [3.05, 3.63) is 51.7 Å². The first kappa shape index (κ1) is 16.9. The first-order chi connectivity index (χ1) is 11.9. The van der Waals surface area contributed by atoms with Crippen molar-refractivity contribution >= 4 is 60.4 Å². The second-order valence-corrected chi connectivity index (χ2v) is 9.14. The van der Waals surface area contributed by atoms with Crippen molar-refractivity contribution < 1.29 is 8.42 Å². The highest BCUT2D eigenvalue weighted by molar-refractivity contribution is 7.90. The highest BCUT2D eigenvalue weighted by atomic mass is 35.5. The van der Waals surface area contributed by atoms with Crippen LogP contribution >= 0.6 is 34.5 Å². The number of hydrogen-bond acceptors (Lipinski definition) is 5. The van der Waals surface area contributed by atoms with Crippen molar-refractivity contribution in [1.82, 2.24) is 13.4 Å². The van der Waals surface area contributed by atoms with Gasteiger partial charge in [0.1, 0.15) is 4.34 Å². The number of fused-ring (bicyclic) bond motifs is 2. The van der Waals surface area contributed by atoms with Crippen molar-refractivity contribution in [3.8, 4) is 0 Å². The first-order valence-corrected chi connectivity index (χ1v) is 10.3. The molecule has 3 heterocycles. The molecule has 0 atom stereocenters. The maximum atomic E-state index is 13.3. The maximum Gasteiger partial charge on any atom is 0.287 e. The van der Waals surface area contributed by atoms with Gasteiger partial charge in [-0.3, -0.25) is 4.40 Å². The second kappa shape index (κ2) is 6.00. The number of benzene rings is 1. The summed E-state index contributed by atoms with van der Waals surface area (Å²) < 4.78 is 29.7. The molecule has 0 spiro atoms. The lowest BCUT2D eigenvalue weighted by atomic mass is 10.1. The van der Waals surface area contributed by atoms with Gasteiger partial charge in [0.05, 0.1) is 5.52 Å². The summed E-state index contributed by atoms with van der Waals surface area (Å²) in [6.45, 7) is 0.422. The van der Waals surface area contributed by atoms with E-state index < -0.39 is 10.0 Å². The van der Waals surface area contributed by atoms with Crippen molar-refractivity contribution in [1.29, 1.82) is 0 Å². The fourth-order valence-electron chi connectivity index (χ4n) is 2.87. The van der Waals surface area contributed by atoms with Crippen molar-refractivity contribution in [2.75, 3.05) is 6.54 Å². The second-order valence-electron chi connectivity index (χ2n) is 5.41. The molecule has 6 nitrogen and oxygen atoms in total. The van der Waals surface area contributed by atoms with Crippen LogP contribution in [0.5, 0.6) is 0 Å². The van der Waals surface area contributed by atoms with Crippen LogP contribution in [-0.4, -0.2) is 28.3 Å². The largest absolute Gasteiger partial charge is 0.330 e. The van der Waals surface area contributed by atoms with Gasteiger partial charge < -0.3 is 5.73 Å². The molecule has 0 fully saturated rings. The van der Waals surface area contributed by atoms with Crippen LogP contribution in [-0.2, 0) is 16.4 Å². The molecular formula is C15H12Cl2N4O2S2. The summed E-state index contributed by atoms with van der Waals surface area (Å²) in [4.78, 5) is 4.52. The molecule has 0 saturated heterocycles. The molecule has 3 aromatic heterocycles. The molecule has 1 aromatic carbocycles. The molecule has 0 aliphatic carbocycles. The molecule has 0 bridgehead atoms. The maximum absolute atomic E-state index is 13.3. The van der Waals surface area contributed by atoms with E-state index in [9.17, 15) is 8.42 Å². The quantitative estimate of drug-likeness (QED) is 0.554. The number of nitrogens with zero attached hydrogens (tertiary/aromatic N) is 3. The summed E-state index contributed by atoms with van der Waals surface area (Å²) in [6.07, 6.45) is 3.67. The first-order valence-electron chi connectivity index (χ1n) is 7.31. The third-order valence-corrected chi connectivity index (χ3v) is 7.07. The predicted octanol–water partition coefficient (Wildman–Crippen LogP) is 3.40. The summed E-state index contributed by atoms with van der Waals surface area (Å²) in [5, 5.41) is 0.658. The van der Waals surface area contributed by atoms with Gasteiger partial charge in [0.25, 0.3) is 10.0 Å². The average Bonchev–Trinajstić information content (AvgIpc) is 3.18. The Morgan fingerprint density at radius 2 is 1.96 bits per heavy atom. The molecule has 2 N–H and O–H groups in total. The summed E-state index contributed by atoms with van der Waals surface area (Å²) >= 11 is 13.3. The lowest BCUT2D eigenvalue weighted by molar-refractivity contribution is 0.584. The Morgan fingerprint density at radius 3 is 2.72 bits per heavy atom. The minimum atomic E-state index is -3.97. The molecular weight excluding hydrogens is 403 g/mol. The van der Waals surface area contributed by atoms with Gasteiger partial charge in [0.2, 0.25) is 5.03 Å². The smallest absolute Gasteiger partial charge is 0.287 e. The zero-order valence-corrected chi connectivity index (χ0v) is 15.8. The molecule has 0 radical (unpaired) electrons. The molecule has 0 aliphatic rings. The number of hydrogen-bond donors (Lipinski definition) is 1. The monoisotopic (exact) mass is 414 g/mol. The summed E-state index contributed by atoms with van der Waals surface area (Å²) in [6, 6.07) is 7.28. The van der Waals surface area contributed by atoms with E-state index in [4.69, 9.17) is 28.9 Å². The minimum absolute atomic E-state index is 0.0823. The molecule has 0 saturated carbocycles. The lowest BCUT2D eigenvalue weighted by Gasteiger charge is -2.06. The molecule has 0 unspecified atom stereocenters. The van der Waals surface area contributed by atoms with E-state index in [-0.39, 0.29) is 10.2 Å². The van der Waals surface area contributed by atoms with E-state index in [0.717, 1.165) is 22.3 Å². The number of imidazole rings is 1. The number of aromatic nitrogens is 3. The molecule has 10 heteroatoms. The van der Waals surface area contributed by atoms with Crippen molar-refractivity contribution in [2.45, 2.75) is 11.4 Å². The lowest BCUT2D eigenvalue weighted by Crippen LogP contribution is -2.14. The van der Waals surface area contributed by atoms with Crippen LogP contribution in [0.1, 0.15) is 5.56 Å². The number of para-hydroxylation sites is 1. The van der Waals surface area contributed by atoms with Gasteiger partial charge >= 0.3 is 0 Å². The van der Waals surface area contributed by atoms with Gasteiger partial charge in [-0.25, -0.2) is 8.96 Å². The van der Waals surface area contributed by atoms with E-state index in [2.05, 4.69) is 4.98 Å². The third kappa shape index (κ3) is 2.56. The SMILES string of the molecule is NCCc1cn(S(=O)(=O)c2c(Cl)nc3sc(Cl)cn23)c2ccccc12. The van der Waals surface area contributed by atoms with Crippen molar-refractivity contribution in [3.63, 3.8) is 0 Å². The summed E-state index contributed by atoms with van der Waals surface area (Å²) in [5.41, 5.74) is 7.09. The van der Waals surface area contributed by atoms with Crippen LogP contribution in [0.4, 0.5) is 0 Å². The van der Waals surface area contributed by atoms with Gasteiger partial charge in [0.15, 0.2) is 10.1 Å². The Labute approximate surface area is 157 Å². The minimum Gasteiger partial charge on any atom is -0.330 e. The number of thiazole rings is 1. The van der Waals surface area contributed by atoms with Crippen molar-refractivity contribution in [2.24, 2.45) is 5.73 Å². The third-order valence-electron chi connectivity index (χ3n) is 3.89. The highest BCUT2D eigenvalue weighted by Gasteiger charge is 2.29. The average molecular weight is 415 g/mol. The van der Waals surface area contributed by atoms with Crippen LogP contribution in [0.15, 0.2) is 41.7 Å². The molecule has 4 aromatic rings. The molecule has 0 aliphatic heterocycles. The molecule has 25 heavy (non-hydrogen) atoms. The van der Waals surface area contributed by atoms with Gasteiger partial charge in [-0.15, -0.1) is 0 Å². The van der Waals surface area contributed by atoms with Crippen LogP contribution in [0.3, 0.4) is 0 Å². The highest BCUT2D eigenvalue weighted by Crippen LogP contribution is 2.33. The van der Waals surface area contributed by atoms with E-state index in [1.54, 1.807) is 18.3 Å². The zero-order valence-electron chi connectivity index (χ0n) is 12.7. The number of nitrogens with two attached hydrogens (primary N) is 1. The van der Waals surface area contributed by atoms with Crippen LogP contribution < -0.4 is 5.73 Å². The van der Waals surface area contributed by atoms with Gasteiger partial charge in [-0.2, -0.15) is 8.42 Å². The number of rotatable bonds is 4. The van der Waals surface area contributed by atoms with E-state index in [1.165, 1.54) is 14.6 Å². The Kier molecular flexibility index (Phi) is 4.04. The molecule has 130 valence electrons. The Morgan fingerprint density at radius 1 is 1.20 bits per heavy atom. The van der Waals surface area contributed by atoms with E-state index >= 15 is 0 Å². The Hall–Kier alpha value is -1.58. The fourth-order valence-corrected chi connectivity index (χ4v) is 5.97. The number of halogens is 2. The van der Waals surface area contributed by atoms with Gasteiger partial charge in [-0.05, 0) is 24.6 Å². The van der Waals surface area contributed by atoms with Crippen LogP contribution in [0.25, 0.3) is 15.9 Å². The van der Waals surface area contributed by atoms with Crippen LogP contribution in [0.2, 0.25) is 9.49 Å². The van der Waals surface area contributed by atoms with Crippen LogP contribution in [0, 0.1) is 0 Å². The van der Waals surface area contributed by atoms with E-state index in [0.29, 0.717) is 27.8 Å². The fraction of sp³-hybridized carbons (Fsp3) is 0.133. The summed E-state index contributed by atoms with van der Waals surface area (Å²) in [7, 11) is -3.97. The van der Waals surface area contributed by atoms with E-state index in [1.807, 2.05) is 12.1 Å². The summed E-state index contributed by atoms with van der Waals surface area (Å²) in [5.74, 6) is 0. The van der Waals surface area contributed by atoms with Gasteiger partial charge in [0, 0.05) is 17.8 Å². The Balaban J connectivity index is 2.02. The zero-order chi connectivity index (χ0) is 17.8. The topological polar surface area (TPSA) is 82.4 Å². The standard InChI is InChI=1S/C15H12Cl2N4O2S2/c16-12-8-20-14(13(17)19-15(20)24-12)25(22,23)21-7-9(5-6-18)10-3-1-2-4-11(10)21/h1-4,7-8H,5-6,18H2. The predicted molar refractivity (Wildman–Crippen MR) is 100 cm³/mol. The normalized spacial score (nSPS) is 12.4.